The number of hydrogen-bond acceptors (Lipinski definition) is 0. The van der Waals surface area contributed by atoms with E-state index in [1.807, 2.05) is 6.08 Å². The van der Waals surface area contributed by atoms with Crippen molar-refractivity contribution in [3.8, 4) is 0 Å². The molecule has 0 aromatic heterocycles. The van der Waals surface area contributed by atoms with Crippen molar-refractivity contribution < 1.29 is 0 Å². The van der Waals surface area contributed by atoms with Crippen molar-refractivity contribution >= 4 is 11.6 Å². The summed E-state index contributed by atoms with van der Waals surface area (Å²) in [5.41, 5.74) is 0.487. The highest BCUT2D eigenvalue weighted by atomic mass is 35.5. The summed E-state index contributed by atoms with van der Waals surface area (Å²) >= 11 is 5.97. The molecule has 1 saturated carbocycles. The quantitative estimate of drug-likeness (QED) is 0.563. The Morgan fingerprint density at radius 1 is 1.73 bits per heavy atom. The molecule has 1 heteroatoms. The number of allylic oxidation sites excluding steroid dienone is 4. The van der Waals surface area contributed by atoms with Gasteiger partial charge in [0.1, 0.15) is 0 Å². The van der Waals surface area contributed by atoms with E-state index < -0.39 is 0 Å². The largest absolute Gasteiger partial charge is 0.0891 e. The van der Waals surface area contributed by atoms with Crippen LogP contribution in [0, 0.1) is 11.3 Å². The summed E-state index contributed by atoms with van der Waals surface area (Å²) in [6, 6.07) is 0. The summed E-state index contributed by atoms with van der Waals surface area (Å²) in [6.45, 7) is 2.26. The molecule has 2 unspecified atom stereocenters. The Kier molecular flexibility index (Phi) is 1.61. The lowest BCUT2D eigenvalue weighted by atomic mass is 9.94. The first-order valence-corrected chi connectivity index (χ1v) is 4.68. The van der Waals surface area contributed by atoms with E-state index in [0.29, 0.717) is 5.41 Å². The van der Waals surface area contributed by atoms with Gasteiger partial charge < -0.3 is 0 Å². The molecule has 0 heterocycles. The van der Waals surface area contributed by atoms with Crippen LogP contribution in [0.3, 0.4) is 0 Å². The van der Waals surface area contributed by atoms with Crippen molar-refractivity contribution in [1.29, 1.82) is 0 Å². The minimum absolute atomic E-state index is 0.487. The van der Waals surface area contributed by atoms with E-state index in [1.54, 1.807) is 0 Å². The van der Waals surface area contributed by atoms with Gasteiger partial charge in [0.05, 0.1) is 0 Å². The molecule has 11 heavy (non-hydrogen) atoms. The maximum atomic E-state index is 5.97. The van der Waals surface area contributed by atoms with Crippen LogP contribution in [0.1, 0.15) is 26.2 Å². The van der Waals surface area contributed by atoms with Gasteiger partial charge in [-0.3, -0.25) is 0 Å². The van der Waals surface area contributed by atoms with Crippen LogP contribution in [0.25, 0.3) is 0 Å². The van der Waals surface area contributed by atoms with E-state index >= 15 is 0 Å². The van der Waals surface area contributed by atoms with Gasteiger partial charge in [-0.05, 0) is 30.3 Å². The van der Waals surface area contributed by atoms with Gasteiger partial charge in [-0.1, -0.05) is 37.1 Å². The number of rotatable bonds is 1. The fraction of sp³-hybridized carbons (Fsp3) is 0.600. The van der Waals surface area contributed by atoms with Crippen LogP contribution in [-0.2, 0) is 0 Å². The molecule has 0 aromatic rings. The first-order chi connectivity index (χ1) is 5.27. The molecule has 60 valence electrons. The van der Waals surface area contributed by atoms with Gasteiger partial charge in [-0.15, -0.1) is 0 Å². The van der Waals surface area contributed by atoms with Crippen LogP contribution in [0.5, 0.6) is 0 Å². The summed E-state index contributed by atoms with van der Waals surface area (Å²) in [4.78, 5) is 0. The topological polar surface area (TPSA) is 0 Å². The van der Waals surface area contributed by atoms with Crippen molar-refractivity contribution in [2.45, 2.75) is 26.2 Å². The molecule has 0 amide bonds. The van der Waals surface area contributed by atoms with Crippen molar-refractivity contribution in [2.24, 2.45) is 11.3 Å². The van der Waals surface area contributed by atoms with E-state index in [2.05, 4.69) is 19.1 Å². The van der Waals surface area contributed by atoms with Gasteiger partial charge in [-0.25, -0.2) is 0 Å². The normalized spacial score (nSPS) is 40.9. The molecule has 0 aliphatic heterocycles. The molecule has 0 radical (unpaired) electrons. The zero-order valence-electron chi connectivity index (χ0n) is 6.81. The van der Waals surface area contributed by atoms with E-state index in [1.165, 1.54) is 12.8 Å². The lowest BCUT2D eigenvalue weighted by molar-refractivity contribution is 0.554. The molecule has 1 fully saturated rings. The molecular weight excluding hydrogens is 156 g/mol. The molecule has 2 atom stereocenters. The fourth-order valence-electron chi connectivity index (χ4n) is 2.15. The average molecular weight is 169 g/mol. The summed E-state index contributed by atoms with van der Waals surface area (Å²) < 4.78 is 0. The molecule has 0 bridgehead atoms. The third-order valence-corrected chi connectivity index (χ3v) is 3.24. The van der Waals surface area contributed by atoms with Gasteiger partial charge in [0.15, 0.2) is 0 Å². The highest BCUT2D eigenvalue weighted by Gasteiger charge is 2.51. The Bertz CT molecular complexity index is 227. The Morgan fingerprint density at radius 2 is 2.55 bits per heavy atom. The predicted molar refractivity (Wildman–Crippen MR) is 48.5 cm³/mol. The number of hydrogen-bond donors (Lipinski definition) is 0. The molecule has 0 aromatic carbocycles. The second kappa shape index (κ2) is 2.38. The summed E-state index contributed by atoms with van der Waals surface area (Å²) in [5, 5.41) is 1.03. The van der Waals surface area contributed by atoms with Crippen molar-refractivity contribution in [3.05, 3.63) is 23.3 Å². The molecule has 0 nitrogen and oxygen atoms in total. The van der Waals surface area contributed by atoms with Crippen LogP contribution in [-0.4, -0.2) is 0 Å². The number of halogens is 1. The monoisotopic (exact) mass is 168 g/mol. The van der Waals surface area contributed by atoms with Gasteiger partial charge in [0.25, 0.3) is 0 Å². The van der Waals surface area contributed by atoms with Crippen LogP contribution in [0.2, 0.25) is 0 Å². The zero-order chi connectivity index (χ0) is 7.90. The molecule has 2 aliphatic rings. The Balaban J connectivity index is 2.10. The van der Waals surface area contributed by atoms with Gasteiger partial charge in [-0.2, -0.15) is 0 Å². The fourth-order valence-corrected chi connectivity index (χ4v) is 2.47. The highest BCUT2D eigenvalue weighted by molar-refractivity contribution is 6.29. The van der Waals surface area contributed by atoms with Crippen LogP contribution in [0.4, 0.5) is 0 Å². The SMILES string of the molecule is CCC1CC12C=CC=C(Cl)C2. The van der Waals surface area contributed by atoms with Crippen molar-refractivity contribution in [2.75, 3.05) is 0 Å². The molecule has 0 N–H and O–H groups in total. The Hall–Kier alpha value is -0.230. The third-order valence-electron chi connectivity index (χ3n) is 2.98. The lowest BCUT2D eigenvalue weighted by Crippen LogP contribution is -2.02. The minimum Gasteiger partial charge on any atom is -0.0891 e. The summed E-state index contributed by atoms with van der Waals surface area (Å²) in [7, 11) is 0. The van der Waals surface area contributed by atoms with E-state index in [4.69, 9.17) is 11.6 Å². The van der Waals surface area contributed by atoms with Crippen LogP contribution in [0.15, 0.2) is 23.3 Å². The summed E-state index contributed by atoms with van der Waals surface area (Å²) in [5.74, 6) is 0.904. The van der Waals surface area contributed by atoms with Crippen molar-refractivity contribution in [1.82, 2.24) is 0 Å². The Morgan fingerprint density at radius 3 is 3.09 bits per heavy atom. The zero-order valence-corrected chi connectivity index (χ0v) is 7.56. The maximum absolute atomic E-state index is 5.97. The van der Waals surface area contributed by atoms with Crippen LogP contribution < -0.4 is 0 Å². The summed E-state index contributed by atoms with van der Waals surface area (Å²) in [6.07, 6.45) is 10.2. The molecular formula is C10H13Cl. The maximum Gasteiger partial charge on any atom is 0.0189 e. The first-order valence-electron chi connectivity index (χ1n) is 4.31. The molecule has 1 spiro atoms. The second-order valence-electron chi connectivity index (χ2n) is 3.69. The first kappa shape index (κ1) is 7.42. The van der Waals surface area contributed by atoms with Crippen molar-refractivity contribution in [3.63, 3.8) is 0 Å². The van der Waals surface area contributed by atoms with E-state index in [0.717, 1.165) is 17.4 Å². The van der Waals surface area contributed by atoms with E-state index in [-0.39, 0.29) is 0 Å². The van der Waals surface area contributed by atoms with Gasteiger partial charge in [0, 0.05) is 5.03 Å². The average Bonchev–Trinajstić information content (AvgIpc) is 2.63. The van der Waals surface area contributed by atoms with Gasteiger partial charge in [0.2, 0.25) is 0 Å². The standard InChI is InChI=1S/C10H13Cl/c1-2-8-6-10(8)5-3-4-9(11)7-10/h3-5,8H,2,6-7H2,1H3. The van der Waals surface area contributed by atoms with E-state index in [9.17, 15) is 0 Å². The molecule has 2 rings (SSSR count). The minimum atomic E-state index is 0.487. The second-order valence-corrected chi connectivity index (χ2v) is 4.18. The van der Waals surface area contributed by atoms with Crippen LogP contribution >= 0.6 is 11.6 Å². The highest BCUT2D eigenvalue weighted by Crippen LogP contribution is 2.60. The predicted octanol–water partition coefficient (Wildman–Crippen LogP) is 3.49. The Labute approximate surface area is 72.9 Å². The lowest BCUT2D eigenvalue weighted by Gasteiger charge is -2.14. The third kappa shape index (κ3) is 1.14. The molecule has 0 saturated heterocycles. The smallest absolute Gasteiger partial charge is 0.0189 e. The van der Waals surface area contributed by atoms with Gasteiger partial charge >= 0.3 is 0 Å². The molecule has 2 aliphatic carbocycles.